The summed E-state index contributed by atoms with van der Waals surface area (Å²) in [6.45, 7) is 16.6. The first-order valence-electron chi connectivity index (χ1n) is 15.9. The molecule has 0 aliphatic heterocycles. The fourth-order valence-electron chi connectivity index (χ4n) is 4.75. The minimum atomic E-state index is -1.16. The van der Waals surface area contributed by atoms with E-state index in [4.69, 9.17) is 19.9 Å². The van der Waals surface area contributed by atoms with Gasteiger partial charge in [-0.2, -0.15) is 0 Å². The van der Waals surface area contributed by atoms with Gasteiger partial charge in [0, 0.05) is 18.9 Å². The Bertz CT molecular complexity index is 957. The Morgan fingerprint density at radius 1 is 0.705 bits per heavy atom. The quantitative estimate of drug-likeness (QED) is 0.127. The molecule has 0 saturated heterocycles. The minimum Gasteiger partial charge on any atom is -0.460 e. The molecule has 0 aromatic rings. The molecule has 0 bridgehead atoms. The number of urea groups is 1. The SMILES string of the molecule is CC(C)(C)OC(=O)CC[C@H](NC(=O)NC(CCCCNC(=O)C1CCC(CN)CC1)C(=O)OC(C)(C)C)C(=O)OC(C)(C)C. The van der Waals surface area contributed by atoms with Crippen LogP contribution in [0.2, 0.25) is 0 Å². The van der Waals surface area contributed by atoms with Crippen molar-refractivity contribution in [2.24, 2.45) is 17.6 Å². The van der Waals surface area contributed by atoms with Gasteiger partial charge in [0.05, 0.1) is 0 Å². The van der Waals surface area contributed by atoms with Gasteiger partial charge in [-0.05, 0) is 126 Å². The number of nitrogens with one attached hydrogen (secondary N) is 3. The molecule has 1 aliphatic carbocycles. The van der Waals surface area contributed by atoms with Crippen LogP contribution in [0.4, 0.5) is 4.79 Å². The van der Waals surface area contributed by atoms with Crippen LogP contribution in [0.25, 0.3) is 0 Å². The zero-order valence-corrected chi connectivity index (χ0v) is 28.4. The maximum absolute atomic E-state index is 13.1. The van der Waals surface area contributed by atoms with Crippen LogP contribution in [-0.2, 0) is 33.4 Å². The number of carbonyl (C=O) groups is 5. The van der Waals surface area contributed by atoms with Crippen molar-refractivity contribution in [2.75, 3.05) is 13.1 Å². The molecule has 0 aromatic heterocycles. The first-order valence-corrected chi connectivity index (χ1v) is 15.9. The molecule has 1 unspecified atom stereocenters. The van der Waals surface area contributed by atoms with Crippen molar-refractivity contribution in [1.29, 1.82) is 0 Å². The van der Waals surface area contributed by atoms with Gasteiger partial charge in [0.15, 0.2) is 0 Å². The molecule has 0 heterocycles. The number of unbranched alkanes of at least 4 members (excludes halogenated alkanes) is 1. The lowest BCUT2D eigenvalue weighted by atomic mass is 9.81. The van der Waals surface area contributed by atoms with Crippen LogP contribution in [0.15, 0.2) is 0 Å². The second-order valence-corrected chi connectivity index (χ2v) is 14.7. The van der Waals surface area contributed by atoms with E-state index in [1.165, 1.54) is 0 Å². The summed E-state index contributed by atoms with van der Waals surface area (Å²) >= 11 is 0. The molecular weight excluding hydrogens is 568 g/mol. The second kappa shape index (κ2) is 17.6. The van der Waals surface area contributed by atoms with Gasteiger partial charge in [0.2, 0.25) is 5.91 Å². The van der Waals surface area contributed by atoms with E-state index in [1.54, 1.807) is 62.3 Å². The van der Waals surface area contributed by atoms with Crippen molar-refractivity contribution in [3.8, 4) is 0 Å². The van der Waals surface area contributed by atoms with Crippen LogP contribution in [0.3, 0.4) is 0 Å². The number of nitrogens with two attached hydrogens (primary N) is 1. The van der Waals surface area contributed by atoms with E-state index in [-0.39, 0.29) is 31.1 Å². The minimum absolute atomic E-state index is 0.00547. The Labute approximate surface area is 263 Å². The van der Waals surface area contributed by atoms with E-state index < -0.39 is 52.8 Å². The Balaban J connectivity index is 2.79. The lowest BCUT2D eigenvalue weighted by Crippen LogP contribution is -2.53. The number of hydrogen-bond acceptors (Lipinski definition) is 9. The number of carbonyl (C=O) groups excluding carboxylic acids is 5. The maximum Gasteiger partial charge on any atom is 0.329 e. The first-order chi connectivity index (χ1) is 20.2. The summed E-state index contributed by atoms with van der Waals surface area (Å²) in [6.07, 6.45) is 4.83. The molecule has 0 radical (unpaired) electrons. The molecule has 0 aromatic carbocycles. The summed E-state index contributed by atoms with van der Waals surface area (Å²) in [5.74, 6) is -1.30. The van der Waals surface area contributed by atoms with Crippen LogP contribution in [-0.4, -0.2) is 71.8 Å². The highest BCUT2D eigenvalue weighted by molar-refractivity contribution is 5.87. The summed E-state index contributed by atoms with van der Waals surface area (Å²) in [6, 6.07) is -2.93. The van der Waals surface area contributed by atoms with Crippen molar-refractivity contribution >= 4 is 29.8 Å². The average Bonchev–Trinajstić information content (AvgIpc) is 2.87. The molecule has 254 valence electrons. The molecule has 44 heavy (non-hydrogen) atoms. The van der Waals surface area contributed by atoms with E-state index in [1.807, 2.05) is 0 Å². The zero-order chi connectivity index (χ0) is 33.7. The third kappa shape index (κ3) is 17.4. The Morgan fingerprint density at radius 3 is 1.64 bits per heavy atom. The number of hydrogen-bond donors (Lipinski definition) is 4. The Kier molecular flexibility index (Phi) is 15.6. The van der Waals surface area contributed by atoms with Crippen LogP contribution in [0, 0.1) is 11.8 Å². The van der Waals surface area contributed by atoms with Crippen molar-refractivity contribution in [3.05, 3.63) is 0 Å². The lowest BCUT2D eigenvalue weighted by Gasteiger charge is -2.27. The van der Waals surface area contributed by atoms with Gasteiger partial charge in [0.1, 0.15) is 28.9 Å². The standard InChI is InChI=1S/C32H58N4O8/c1-30(2,3)42-25(37)18-17-24(28(40)44-32(7,8)9)36-29(41)35-23(27(39)43-31(4,5)6)12-10-11-19-34-26(38)22-15-13-21(20-33)14-16-22/h21-24H,10-20,33H2,1-9H3,(H,34,38)(H2,35,36,41)/t21?,22?,23?,24-/m0/s1. The molecule has 3 amide bonds. The predicted molar refractivity (Wildman–Crippen MR) is 167 cm³/mol. The average molecular weight is 627 g/mol. The number of rotatable bonds is 14. The van der Waals surface area contributed by atoms with E-state index in [9.17, 15) is 24.0 Å². The van der Waals surface area contributed by atoms with Crippen LogP contribution >= 0.6 is 0 Å². The summed E-state index contributed by atoms with van der Waals surface area (Å²) in [4.78, 5) is 63.8. The predicted octanol–water partition coefficient (Wildman–Crippen LogP) is 3.88. The third-order valence-electron chi connectivity index (χ3n) is 6.82. The van der Waals surface area contributed by atoms with Crippen molar-refractivity contribution in [3.63, 3.8) is 0 Å². The highest BCUT2D eigenvalue weighted by atomic mass is 16.6. The van der Waals surface area contributed by atoms with E-state index in [0.29, 0.717) is 31.8 Å². The highest BCUT2D eigenvalue weighted by Gasteiger charge is 2.31. The highest BCUT2D eigenvalue weighted by Crippen LogP contribution is 2.28. The van der Waals surface area contributed by atoms with E-state index >= 15 is 0 Å². The molecule has 1 fully saturated rings. The topological polar surface area (TPSA) is 175 Å². The molecule has 5 N–H and O–H groups in total. The molecule has 12 nitrogen and oxygen atoms in total. The van der Waals surface area contributed by atoms with Crippen molar-refractivity contribution in [2.45, 2.75) is 149 Å². The van der Waals surface area contributed by atoms with Gasteiger partial charge in [-0.15, -0.1) is 0 Å². The monoisotopic (exact) mass is 626 g/mol. The van der Waals surface area contributed by atoms with Gasteiger partial charge in [0.25, 0.3) is 0 Å². The smallest absolute Gasteiger partial charge is 0.329 e. The Hall–Kier alpha value is -2.89. The maximum atomic E-state index is 13.1. The van der Waals surface area contributed by atoms with E-state index in [2.05, 4.69) is 16.0 Å². The van der Waals surface area contributed by atoms with Gasteiger partial charge in [-0.25, -0.2) is 14.4 Å². The van der Waals surface area contributed by atoms with Crippen molar-refractivity contribution < 1.29 is 38.2 Å². The number of esters is 3. The summed E-state index contributed by atoms with van der Waals surface area (Å²) in [7, 11) is 0. The summed E-state index contributed by atoms with van der Waals surface area (Å²) in [5, 5.41) is 8.18. The van der Waals surface area contributed by atoms with Crippen LogP contribution in [0.5, 0.6) is 0 Å². The van der Waals surface area contributed by atoms with Gasteiger partial charge in [-0.1, -0.05) is 0 Å². The van der Waals surface area contributed by atoms with Crippen LogP contribution in [0.1, 0.15) is 120 Å². The lowest BCUT2D eigenvalue weighted by molar-refractivity contribution is -0.159. The largest absolute Gasteiger partial charge is 0.460 e. The number of amides is 3. The van der Waals surface area contributed by atoms with Gasteiger partial charge >= 0.3 is 23.9 Å². The second-order valence-electron chi connectivity index (χ2n) is 14.7. The van der Waals surface area contributed by atoms with Crippen molar-refractivity contribution in [1.82, 2.24) is 16.0 Å². The first kappa shape index (κ1) is 39.1. The Morgan fingerprint density at radius 2 is 1.18 bits per heavy atom. The van der Waals surface area contributed by atoms with Gasteiger partial charge < -0.3 is 35.9 Å². The molecule has 2 atom stereocenters. The normalized spacial score (nSPS) is 18.8. The number of ether oxygens (including phenoxy) is 3. The fraction of sp³-hybridized carbons (Fsp3) is 0.844. The molecular formula is C32H58N4O8. The van der Waals surface area contributed by atoms with E-state index in [0.717, 1.165) is 25.7 Å². The molecule has 1 aliphatic rings. The summed E-state index contributed by atoms with van der Waals surface area (Å²) in [5.41, 5.74) is 3.45. The molecule has 1 rings (SSSR count). The molecule has 1 saturated carbocycles. The third-order valence-corrected chi connectivity index (χ3v) is 6.82. The van der Waals surface area contributed by atoms with Crippen LogP contribution < -0.4 is 21.7 Å². The van der Waals surface area contributed by atoms with Gasteiger partial charge in [-0.3, -0.25) is 9.59 Å². The molecule has 12 heteroatoms. The molecule has 0 spiro atoms. The summed E-state index contributed by atoms with van der Waals surface area (Å²) < 4.78 is 16.3. The fourth-order valence-corrected chi connectivity index (χ4v) is 4.75. The zero-order valence-electron chi connectivity index (χ0n) is 28.4.